The zero-order valence-electron chi connectivity index (χ0n) is 12.5. The molecule has 4 N–H and O–H groups in total. The summed E-state index contributed by atoms with van der Waals surface area (Å²) in [5.74, 6) is -0.815. The van der Waals surface area contributed by atoms with Crippen LogP contribution in [0.3, 0.4) is 0 Å². The first kappa shape index (κ1) is 15.4. The Hall–Kier alpha value is -2.04. The molecular formula is C16H22N2O3. The van der Waals surface area contributed by atoms with Gasteiger partial charge in [0.05, 0.1) is 0 Å². The van der Waals surface area contributed by atoms with Crippen LogP contribution >= 0.6 is 0 Å². The molecule has 114 valence electrons. The molecule has 21 heavy (non-hydrogen) atoms. The number of carboxylic acids is 1. The van der Waals surface area contributed by atoms with Gasteiger partial charge in [-0.1, -0.05) is 13.0 Å². The van der Waals surface area contributed by atoms with Crippen LogP contribution in [-0.4, -0.2) is 22.5 Å². The molecule has 1 aromatic carbocycles. The van der Waals surface area contributed by atoms with E-state index in [0.29, 0.717) is 35.6 Å². The minimum atomic E-state index is -1.15. The van der Waals surface area contributed by atoms with E-state index in [1.54, 1.807) is 25.1 Å². The number of carboxylic acid groups (broad SMARTS) is 1. The molecule has 5 nitrogen and oxygen atoms in total. The molecule has 0 saturated heterocycles. The van der Waals surface area contributed by atoms with Gasteiger partial charge in [-0.3, -0.25) is 4.79 Å². The van der Waals surface area contributed by atoms with Crippen molar-refractivity contribution in [2.45, 2.75) is 45.1 Å². The van der Waals surface area contributed by atoms with E-state index in [0.717, 1.165) is 12.8 Å². The molecule has 5 heteroatoms. The first-order valence-electron chi connectivity index (χ1n) is 7.27. The number of anilines is 1. The predicted octanol–water partition coefficient (Wildman–Crippen LogP) is 2.34. The zero-order chi connectivity index (χ0) is 15.6. The van der Waals surface area contributed by atoms with Crippen molar-refractivity contribution in [1.29, 1.82) is 0 Å². The van der Waals surface area contributed by atoms with Crippen molar-refractivity contribution >= 4 is 17.6 Å². The number of amides is 1. The highest BCUT2D eigenvalue weighted by atomic mass is 16.4. The normalized spacial score (nSPS) is 25.3. The molecule has 0 atom stereocenters. The maximum atomic E-state index is 12.4. The van der Waals surface area contributed by atoms with Crippen molar-refractivity contribution < 1.29 is 14.7 Å². The fraction of sp³-hybridized carbons (Fsp3) is 0.500. The van der Waals surface area contributed by atoms with E-state index in [1.165, 1.54) is 0 Å². The Balaban J connectivity index is 2.23. The highest BCUT2D eigenvalue weighted by molar-refractivity contribution is 6.00. The van der Waals surface area contributed by atoms with Crippen molar-refractivity contribution in [3.05, 3.63) is 29.3 Å². The molecule has 1 saturated carbocycles. The molecule has 0 unspecified atom stereocenters. The van der Waals surface area contributed by atoms with Crippen LogP contribution < -0.4 is 11.1 Å². The van der Waals surface area contributed by atoms with Crippen molar-refractivity contribution in [2.24, 2.45) is 5.92 Å². The molecule has 1 aliphatic carbocycles. The summed E-state index contributed by atoms with van der Waals surface area (Å²) in [6, 6.07) is 5.09. The van der Waals surface area contributed by atoms with Gasteiger partial charge >= 0.3 is 5.97 Å². The Morgan fingerprint density at radius 2 is 1.95 bits per heavy atom. The zero-order valence-corrected chi connectivity index (χ0v) is 12.5. The summed E-state index contributed by atoms with van der Waals surface area (Å²) in [6.07, 6.45) is 2.55. The Morgan fingerprint density at radius 3 is 2.52 bits per heavy atom. The van der Waals surface area contributed by atoms with Crippen LogP contribution in [0.5, 0.6) is 0 Å². The second kappa shape index (κ2) is 5.76. The van der Waals surface area contributed by atoms with Crippen LogP contribution in [0.1, 0.15) is 48.5 Å². The van der Waals surface area contributed by atoms with E-state index in [2.05, 4.69) is 12.2 Å². The maximum absolute atomic E-state index is 12.4. The van der Waals surface area contributed by atoms with Crippen molar-refractivity contribution in [2.75, 3.05) is 5.73 Å². The Bertz CT molecular complexity index is 561. The van der Waals surface area contributed by atoms with Crippen LogP contribution in [0.15, 0.2) is 18.2 Å². The summed E-state index contributed by atoms with van der Waals surface area (Å²) in [5, 5.41) is 12.3. The van der Waals surface area contributed by atoms with Crippen LogP contribution in [0.25, 0.3) is 0 Å². The summed E-state index contributed by atoms with van der Waals surface area (Å²) >= 11 is 0. The lowest BCUT2D eigenvalue weighted by Crippen LogP contribution is -2.56. The molecule has 0 aromatic heterocycles. The van der Waals surface area contributed by atoms with Gasteiger partial charge in [0.2, 0.25) is 0 Å². The number of hydrogen-bond acceptors (Lipinski definition) is 3. The van der Waals surface area contributed by atoms with Crippen molar-refractivity contribution in [1.82, 2.24) is 5.32 Å². The number of nitrogen functional groups attached to an aromatic ring is 1. The fourth-order valence-corrected chi connectivity index (χ4v) is 2.83. The number of carbonyl (C=O) groups is 2. The first-order valence-corrected chi connectivity index (χ1v) is 7.27. The molecular weight excluding hydrogens is 268 g/mol. The molecule has 1 aromatic rings. The second-order valence-electron chi connectivity index (χ2n) is 6.04. The summed E-state index contributed by atoms with van der Waals surface area (Å²) in [4.78, 5) is 24.1. The molecule has 0 spiro atoms. The second-order valence-corrected chi connectivity index (χ2v) is 6.04. The average molecular weight is 290 g/mol. The molecule has 0 radical (unpaired) electrons. The van der Waals surface area contributed by atoms with Crippen molar-refractivity contribution in [3.8, 4) is 0 Å². The highest BCUT2D eigenvalue weighted by Gasteiger charge is 2.42. The quantitative estimate of drug-likeness (QED) is 0.745. The predicted molar refractivity (Wildman–Crippen MR) is 81.1 cm³/mol. The van der Waals surface area contributed by atoms with E-state index in [1.807, 2.05) is 0 Å². The van der Waals surface area contributed by atoms with Crippen LogP contribution in [0, 0.1) is 12.8 Å². The molecule has 0 heterocycles. The average Bonchev–Trinajstić information content (AvgIpc) is 2.44. The Morgan fingerprint density at radius 1 is 1.33 bits per heavy atom. The minimum absolute atomic E-state index is 0.364. The SMILES string of the molecule is Cc1c(N)cccc1C(=O)NC1(C(=O)O)CCC(C)CC1. The van der Waals surface area contributed by atoms with E-state index in [9.17, 15) is 14.7 Å². The molecule has 0 aliphatic heterocycles. The summed E-state index contributed by atoms with van der Waals surface area (Å²) in [6.45, 7) is 3.87. The number of nitrogens with two attached hydrogens (primary N) is 1. The number of rotatable bonds is 3. The summed E-state index contributed by atoms with van der Waals surface area (Å²) < 4.78 is 0. The topological polar surface area (TPSA) is 92.4 Å². The van der Waals surface area contributed by atoms with E-state index < -0.39 is 11.5 Å². The van der Waals surface area contributed by atoms with Gasteiger partial charge < -0.3 is 16.2 Å². The lowest BCUT2D eigenvalue weighted by molar-refractivity contribution is -0.146. The number of carbonyl (C=O) groups excluding carboxylic acids is 1. The van der Waals surface area contributed by atoms with Gasteiger partial charge in [-0.05, 0) is 56.2 Å². The van der Waals surface area contributed by atoms with E-state index in [-0.39, 0.29) is 5.91 Å². The Kier molecular flexibility index (Phi) is 4.21. The van der Waals surface area contributed by atoms with Crippen LogP contribution in [-0.2, 0) is 4.79 Å². The van der Waals surface area contributed by atoms with Crippen LogP contribution in [0.2, 0.25) is 0 Å². The van der Waals surface area contributed by atoms with Crippen LogP contribution in [0.4, 0.5) is 5.69 Å². The van der Waals surface area contributed by atoms with Gasteiger partial charge in [-0.15, -0.1) is 0 Å². The molecule has 2 rings (SSSR count). The third kappa shape index (κ3) is 3.01. The van der Waals surface area contributed by atoms with Gasteiger partial charge in [0, 0.05) is 11.3 Å². The molecule has 1 amide bonds. The Labute approximate surface area is 124 Å². The van der Waals surface area contributed by atoms with E-state index in [4.69, 9.17) is 5.73 Å². The first-order chi connectivity index (χ1) is 9.85. The minimum Gasteiger partial charge on any atom is -0.480 e. The largest absolute Gasteiger partial charge is 0.480 e. The molecule has 0 bridgehead atoms. The van der Waals surface area contributed by atoms with Gasteiger partial charge in [0.1, 0.15) is 5.54 Å². The maximum Gasteiger partial charge on any atom is 0.329 e. The third-order valence-corrected chi connectivity index (χ3v) is 4.51. The summed E-state index contributed by atoms with van der Waals surface area (Å²) in [5.41, 5.74) is 6.31. The fourth-order valence-electron chi connectivity index (χ4n) is 2.83. The lowest BCUT2D eigenvalue weighted by atomic mass is 9.77. The lowest BCUT2D eigenvalue weighted by Gasteiger charge is -2.36. The van der Waals surface area contributed by atoms with E-state index >= 15 is 0 Å². The van der Waals surface area contributed by atoms with Gasteiger partial charge in [-0.2, -0.15) is 0 Å². The van der Waals surface area contributed by atoms with Gasteiger partial charge in [-0.25, -0.2) is 4.79 Å². The smallest absolute Gasteiger partial charge is 0.329 e. The monoisotopic (exact) mass is 290 g/mol. The number of benzene rings is 1. The number of nitrogens with one attached hydrogen (secondary N) is 1. The van der Waals surface area contributed by atoms with Gasteiger partial charge in [0.25, 0.3) is 5.91 Å². The number of aliphatic carboxylic acids is 1. The van der Waals surface area contributed by atoms with Gasteiger partial charge in [0.15, 0.2) is 0 Å². The molecule has 1 aliphatic rings. The standard InChI is InChI=1S/C16H22N2O3/c1-10-6-8-16(9-7-10,15(20)21)18-14(19)12-4-3-5-13(17)11(12)2/h3-5,10H,6-9,17H2,1-2H3,(H,18,19)(H,20,21). The number of hydrogen-bond donors (Lipinski definition) is 3. The summed E-state index contributed by atoms with van der Waals surface area (Å²) in [7, 11) is 0. The molecule has 1 fully saturated rings. The highest BCUT2D eigenvalue weighted by Crippen LogP contribution is 2.32. The third-order valence-electron chi connectivity index (χ3n) is 4.51. The van der Waals surface area contributed by atoms with Crippen molar-refractivity contribution in [3.63, 3.8) is 0 Å².